The van der Waals surface area contributed by atoms with E-state index >= 15 is 0 Å². The van der Waals surface area contributed by atoms with Crippen molar-refractivity contribution < 1.29 is 14.6 Å². The van der Waals surface area contributed by atoms with Crippen LogP contribution in [0.4, 0.5) is 0 Å². The molecule has 11 heteroatoms. The molecule has 0 amide bonds. The number of aryl methyl sites for hydroxylation is 1. The number of unbranched alkanes of at least 4 members (excludes halogenated alkanes) is 1. The summed E-state index contributed by atoms with van der Waals surface area (Å²) in [6, 6.07) is 14.7. The summed E-state index contributed by atoms with van der Waals surface area (Å²) in [5, 5.41) is 23.6. The lowest BCUT2D eigenvalue weighted by atomic mass is 9.98. The van der Waals surface area contributed by atoms with Crippen LogP contribution in [0.3, 0.4) is 0 Å². The average Bonchev–Trinajstić information content (AvgIpc) is 3.52. The van der Waals surface area contributed by atoms with Crippen LogP contribution in [-0.4, -0.2) is 53.9 Å². The molecule has 0 fully saturated rings. The van der Waals surface area contributed by atoms with Gasteiger partial charge in [-0.1, -0.05) is 73.5 Å². The highest BCUT2D eigenvalue weighted by atomic mass is 35.5. The third-order valence-electron chi connectivity index (χ3n) is 5.53. The molecular formula is C24H26ClN7O3. The van der Waals surface area contributed by atoms with Crippen molar-refractivity contribution in [1.29, 1.82) is 0 Å². The van der Waals surface area contributed by atoms with E-state index in [2.05, 4.69) is 32.5 Å². The Hall–Kier alpha value is -3.60. The number of carbonyl (C=O) groups is 1. The molecule has 182 valence electrons. The molecule has 35 heavy (non-hydrogen) atoms. The van der Waals surface area contributed by atoms with Gasteiger partial charge in [-0.2, -0.15) is 5.21 Å². The van der Waals surface area contributed by atoms with Crippen LogP contribution in [0.15, 0.2) is 48.5 Å². The van der Waals surface area contributed by atoms with Crippen molar-refractivity contribution in [2.45, 2.75) is 38.8 Å². The van der Waals surface area contributed by atoms with E-state index in [0.29, 0.717) is 24.6 Å². The summed E-state index contributed by atoms with van der Waals surface area (Å²) in [5.41, 5.74) is 9.40. The fraction of sp³-hybridized carbons (Fsp3) is 0.292. The number of nitrogens with two attached hydrogens (primary N) is 1. The quantitative estimate of drug-likeness (QED) is 0.285. The lowest BCUT2D eigenvalue weighted by Crippen LogP contribution is -2.37. The van der Waals surface area contributed by atoms with Gasteiger partial charge in [-0.3, -0.25) is 4.57 Å². The molecule has 0 spiro atoms. The Labute approximate surface area is 207 Å². The van der Waals surface area contributed by atoms with Crippen LogP contribution in [0.2, 0.25) is 5.15 Å². The maximum Gasteiger partial charge on any atom is 0.332 e. The van der Waals surface area contributed by atoms with Crippen LogP contribution in [-0.2, 0) is 17.8 Å². The number of aliphatic hydroxyl groups excluding tert-OH is 1. The summed E-state index contributed by atoms with van der Waals surface area (Å²) in [6.45, 7) is 1.95. The number of aromatic nitrogens is 6. The fourth-order valence-electron chi connectivity index (χ4n) is 3.66. The Bertz CT molecular complexity index is 1270. The first-order chi connectivity index (χ1) is 17.0. The van der Waals surface area contributed by atoms with Crippen LogP contribution >= 0.6 is 11.6 Å². The maximum atomic E-state index is 12.2. The van der Waals surface area contributed by atoms with Crippen LogP contribution < -0.4 is 10.5 Å². The summed E-state index contributed by atoms with van der Waals surface area (Å²) in [7, 11) is 0. The molecule has 1 atom stereocenters. The van der Waals surface area contributed by atoms with E-state index < -0.39 is 18.6 Å². The smallest absolute Gasteiger partial charge is 0.332 e. The number of hydrogen-bond acceptors (Lipinski definition) is 8. The Morgan fingerprint density at radius 3 is 2.60 bits per heavy atom. The number of imidazole rings is 1. The first kappa shape index (κ1) is 24.5. The molecule has 0 aliphatic heterocycles. The van der Waals surface area contributed by atoms with E-state index in [1.54, 1.807) is 4.57 Å². The number of benzene rings is 2. The number of ether oxygens (including phenoxy) is 1. The number of aromatic amines is 1. The van der Waals surface area contributed by atoms with Crippen LogP contribution in [0.5, 0.6) is 5.88 Å². The Morgan fingerprint density at radius 1 is 1.20 bits per heavy atom. The lowest BCUT2D eigenvalue weighted by Gasteiger charge is -2.14. The predicted octanol–water partition coefficient (Wildman–Crippen LogP) is 3.00. The molecule has 2 aromatic heterocycles. The molecule has 0 saturated heterocycles. The summed E-state index contributed by atoms with van der Waals surface area (Å²) in [4.78, 5) is 16.6. The van der Waals surface area contributed by atoms with Gasteiger partial charge in [0.1, 0.15) is 11.9 Å². The van der Waals surface area contributed by atoms with Crippen molar-refractivity contribution in [2.24, 2.45) is 5.73 Å². The van der Waals surface area contributed by atoms with E-state index in [1.807, 2.05) is 48.5 Å². The second kappa shape index (κ2) is 11.2. The van der Waals surface area contributed by atoms with Crippen LogP contribution in [0.25, 0.3) is 22.5 Å². The molecule has 0 saturated carbocycles. The summed E-state index contributed by atoms with van der Waals surface area (Å²) >= 11 is 6.33. The number of carbonyl (C=O) groups excluding carboxylic acids is 1. The van der Waals surface area contributed by atoms with Crippen molar-refractivity contribution in [1.82, 2.24) is 30.2 Å². The number of H-pyrrole nitrogens is 1. The Morgan fingerprint density at radius 2 is 1.94 bits per heavy atom. The van der Waals surface area contributed by atoms with Crippen molar-refractivity contribution in [3.05, 3.63) is 65.1 Å². The standard InChI is InChI=1S/C24H26ClN7O3/c1-2-3-8-20-27-21(25)23(35-24(34)19(26)14-33)32(20)13-15-9-11-16(12-10-15)17-6-4-5-7-18(17)22-28-30-31-29-22/h4-7,9-12,19,33H,2-3,8,13-14,26H2,1H3,(H,28,29,30,31)/t19-/m1/s1. The third kappa shape index (κ3) is 5.56. The molecule has 0 aliphatic carbocycles. The van der Waals surface area contributed by atoms with Gasteiger partial charge in [-0.25, -0.2) is 9.78 Å². The average molecular weight is 496 g/mol. The highest BCUT2D eigenvalue weighted by molar-refractivity contribution is 6.30. The molecule has 0 radical (unpaired) electrons. The Kier molecular flexibility index (Phi) is 7.86. The molecule has 4 rings (SSSR count). The first-order valence-electron chi connectivity index (χ1n) is 11.3. The summed E-state index contributed by atoms with van der Waals surface area (Å²) in [5.74, 6) is 0.582. The SMILES string of the molecule is CCCCc1nc(Cl)c(OC(=O)[C@H](N)CO)n1Cc1ccc(-c2ccccc2-c2nn[nH]n2)cc1. The van der Waals surface area contributed by atoms with Gasteiger partial charge in [0.2, 0.25) is 11.7 Å². The zero-order valence-electron chi connectivity index (χ0n) is 19.2. The number of aliphatic hydroxyl groups is 1. The number of tetrazole rings is 1. The van der Waals surface area contributed by atoms with Crippen LogP contribution in [0.1, 0.15) is 31.2 Å². The molecule has 0 bridgehead atoms. The van der Waals surface area contributed by atoms with Crippen molar-refractivity contribution in [2.75, 3.05) is 6.61 Å². The van der Waals surface area contributed by atoms with Gasteiger partial charge in [-0.05, 0) is 28.3 Å². The van der Waals surface area contributed by atoms with Crippen LogP contribution in [0, 0.1) is 0 Å². The van der Waals surface area contributed by atoms with Crippen molar-refractivity contribution >= 4 is 17.6 Å². The molecule has 2 aromatic carbocycles. The van der Waals surface area contributed by atoms with Crippen molar-refractivity contribution in [3.8, 4) is 28.4 Å². The molecule has 0 unspecified atom stereocenters. The first-order valence-corrected chi connectivity index (χ1v) is 11.6. The zero-order valence-corrected chi connectivity index (χ0v) is 19.9. The minimum atomic E-state index is -1.16. The van der Waals surface area contributed by atoms with E-state index in [4.69, 9.17) is 22.1 Å². The highest BCUT2D eigenvalue weighted by Crippen LogP contribution is 2.31. The van der Waals surface area contributed by atoms with Crippen molar-refractivity contribution in [3.63, 3.8) is 0 Å². The van der Waals surface area contributed by atoms with E-state index in [9.17, 15) is 9.90 Å². The number of nitrogens with one attached hydrogen (secondary N) is 1. The van der Waals surface area contributed by atoms with E-state index in [1.165, 1.54) is 0 Å². The van der Waals surface area contributed by atoms with Gasteiger partial charge in [-0.15, -0.1) is 10.2 Å². The highest BCUT2D eigenvalue weighted by Gasteiger charge is 2.23. The molecular weight excluding hydrogens is 470 g/mol. The molecule has 4 aromatic rings. The number of nitrogens with zero attached hydrogens (tertiary/aromatic N) is 5. The minimum absolute atomic E-state index is 0.0836. The summed E-state index contributed by atoms with van der Waals surface area (Å²) in [6.07, 6.45) is 2.56. The largest absolute Gasteiger partial charge is 0.405 e. The summed E-state index contributed by atoms with van der Waals surface area (Å²) < 4.78 is 7.21. The number of hydrogen-bond donors (Lipinski definition) is 3. The van der Waals surface area contributed by atoms with E-state index in [-0.39, 0.29) is 11.0 Å². The fourth-order valence-corrected chi connectivity index (χ4v) is 3.90. The van der Waals surface area contributed by atoms with Gasteiger partial charge >= 0.3 is 5.97 Å². The van der Waals surface area contributed by atoms with Gasteiger partial charge in [0.25, 0.3) is 0 Å². The number of rotatable bonds is 10. The second-order valence-electron chi connectivity index (χ2n) is 8.00. The molecule has 0 aliphatic rings. The van der Waals surface area contributed by atoms with Gasteiger partial charge in [0.05, 0.1) is 13.2 Å². The molecule has 4 N–H and O–H groups in total. The number of halogens is 1. The predicted molar refractivity (Wildman–Crippen MR) is 131 cm³/mol. The topological polar surface area (TPSA) is 145 Å². The minimum Gasteiger partial charge on any atom is -0.405 e. The monoisotopic (exact) mass is 495 g/mol. The third-order valence-corrected chi connectivity index (χ3v) is 5.78. The zero-order chi connectivity index (χ0) is 24.8. The lowest BCUT2D eigenvalue weighted by molar-refractivity contribution is -0.137. The normalized spacial score (nSPS) is 12.0. The molecule has 2 heterocycles. The van der Waals surface area contributed by atoms with Gasteiger partial charge in [0, 0.05) is 12.0 Å². The van der Waals surface area contributed by atoms with E-state index in [0.717, 1.165) is 35.1 Å². The van der Waals surface area contributed by atoms with Gasteiger partial charge < -0.3 is 15.6 Å². The second-order valence-corrected chi connectivity index (χ2v) is 8.36. The maximum absolute atomic E-state index is 12.2. The van der Waals surface area contributed by atoms with Gasteiger partial charge in [0.15, 0.2) is 5.15 Å². The molecule has 10 nitrogen and oxygen atoms in total. The number of esters is 1. The Balaban J connectivity index is 1.63.